The lowest BCUT2D eigenvalue weighted by Crippen LogP contribution is -2.28. The van der Waals surface area contributed by atoms with Crippen LogP contribution < -0.4 is 10.1 Å². The van der Waals surface area contributed by atoms with E-state index in [2.05, 4.69) is 33.7 Å². The molecule has 7 heteroatoms. The smallest absolute Gasteiger partial charge is 0.230 e. The molecule has 0 fully saturated rings. The van der Waals surface area contributed by atoms with Crippen LogP contribution in [0.3, 0.4) is 0 Å². The molecule has 0 saturated heterocycles. The first kappa shape index (κ1) is 22.4. The fourth-order valence-electron chi connectivity index (χ4n) is 4.23. The van der Waals surface area contributed by atoms with Crippen molar-refractivity contribution in [3.8, 4) is 17.1 Å². The lowest BCUT2D eigenvalue weighted by atomic mass is 9.89. The van der Waals surface area contributed by atoms with Gasteiger partial charge in [0.25, 0.3) is 0 Å². The molecule has 1 amide bonds. The highest BCUT2D eigenvalue weighted by atomic mass is 32.2. The standard InChI is InChI=1S/C25H30N4O2S/c1-4-29-24(21-11-7-8-12-22(21)31-3)27-28-25(29)32-16-23(30)26-17(2)19-14-13-18-9-5-6-10-20(18)15-19/h7-8,11-15,17H,4-6,9-10,16H2,1-3H3,(H,26,30). The first-order valence-corrected chi connectivity index (χ1v) is 12.2. The molecule has 0 spiro atoms. The Hall–Kier alpha value is -2.80. The summed E-state index contributed by atoms with van der Waals surface area (Å²) in [6.07, 6.45) is 4.84. The van der Waals surface area contributed by atoms with Crippen LogP contribution in [0.4, 0.5) is 0 Å². The van der Waals surface area contributed by atoms with Crippen molar-refractivity contribution in [1.29, 1.82) is 0 Å². The van der Waals surface area contributed by atoms with Crippen molar-refractivity contribution in [3.05, 3.63) is 59.2 Å². The van der Waals surface area contributed by atoms with Crippen LogP contribution in [0.15, 0.2) is 47.6 Å². The number of ether oxygens (including phenoxy) is 1. The number of hydrogen-bond donors (Lipinski definition) is 1. The van der Waals surface area contributed by atoms with Crippen molar-refractivity contribution in [2.75, 3.05) is 12.9 Å². The highest BCUT2D eigenvalue weighted by Crippen LogP contribution is 2.31. The Morgan fingerprint density at radius 2 is 1.94 bits per heavy atom. The zero-order valence-electron chi connectivity index (χ0n) is 18.9. The van der Waals surface area contributed by atoms with Crippen LogP contribution in [-0.4, -0.2) is 33.5 Å². The summed E-state index contributed by atoms with van der Waals surface area (Å²) in [7, 11) is 1.65. The van der Waals surface area contributed by atoms with E-state index in [9.17, 15) is 4.79 Å². The lowest BCUT2D eigenvalue weighted by molar-refractivity contribution is -0.119. The highest BCUT2D eigenvalue weighted by molar-refractivity contribution is 7.99. The van der Waals surface area contributed by atoms with Crippen LogP contribution in [0.5, 0.6) is 5.75 Å². The maximum absolute atomic E-state index is 12.7. The third-order valence-corrected chi connectivity index (χ3v) is 6.93. The molecule has 0 radical (unpaired) electrons. The van der Waals surface area contributed by atoms with Crippen molar-refractivity contribution in [3.63, 3.8) is 0 Å². The molecule has 1 N–H and O–H groups in total. The highest BCUT2D eigenvalue weighted by Gasteiger charge is 2.18. The average Bonchev–Trinajstić information content (AvgIpc) is 3.25. The zero-order valence-corrected chi connectivity index (χ0v) is 19.7. The van der Waals surface area contributed by atoms with E-state index in [4.69, 9.17) is 4.74 Å². The number of hydrogen-bond acceptors (Lipinski definition) is 5. The minimum Gasteiger partial charge on any atom is -0.496 e. The number of nitrogens with zero attached hydrogens (tertiary/aromatic N) is 3. The van der Waals surface area contributed by atoms with Crippen LogP contribution in [-0.2, 0) is 24.2 Å². The summed E-state index contributed by atoms with van der Waals surface area (Å²) in [6.45, 7) is 4.79. The van der Waals surface area contributed by atoms with Crippen LogP contribution in [0.2, 0.25) is 0 Å². The summed E-state index contributed by atoms with van der Waals surface area (Å²) in [5, 5.41) is 12.6. The molecule has 1 aromatic heterocycles. The third kappa shape index (κ3) is 4.83. The number of carbonyl (C=O) groups is 1. The lowest BCUT2D eigenvalue weighted by Gasteiger charge is -2.20. The van der Waals surface area contributed by atoms with Crippen LogP contribution >= 0.6 is 11.8 Å². The van der Waals surface area contributed by atoms with Crippen molar-refractivity contribution in [1.82, 2.24) is 20.1 Å². The van der Waals surface area contributed by atoms with Gasteiger partial charge in [-0.25, -0.2) is 0 Å². The van der Waals surface area contributed by atoms with Gasteiger partial charge in [-0.3, -0.25) is 4.79 Å². The molecule has 1 aliphatic rings. The van der Waals surface area contributed by atoms with Gasteiger partial charge in [0, 0.05) is 6.54 Å². The number of amides is 1. The largest absolute Gasteiger partial charge is 0.496 e. The molecule has 1 heterocycles. The summed E-state index contributed by atoms with van der Waals surface area (Å²) >= 11 is 1.41. The Morgan fingerprint density at radius 3 is 2.72 bits per heavy atom. The first-order chi connectivity index (χ1) is 15.6. The minimum absolute atomic E-state index is 0.00952. The van der Waals surface area contributed by atoms with Gasteiger partial charge in [0.05, 0.1) is 24.5 Å². The van der Waals surface area contributed by atoms with E-state index in [1.807, 2.05) is 42.7 Å². The summed E-state index contributed by atoms with van der Waals surface area (Å²) in [6, 6.07) is 14.4. The van der Waals surface area contributed by atoms with Gasteiger partial charge in [-0.2, -0.15) is 0 Å². The molecule has 1 atom stereocenters. The maximum atomic E-state index is 12.7. The topological polar surface area (TPSA) is 69.0 Å². The monoisotopic (exact) mass is 450 g/mol. The second kappa shape index (κ2) is 10.2. The van der Waals surface area contributed by atoms with Gasteiger partial charge < -0.3 is 14.6 Å². The molecule has 168 valence electrons. The second-order valence-electron chi connectivity index (χ2n) is 8.06. The van der Waals surface area contributed by atoms with Gasteiger partial charge in [0.2, 0.25) is 5.91 Å². The van der Waals surface area contributed by atoms with E-state index in [0.29, 0.717) is 12.3 Å². The predicted octanol–water partition coefficient (Wildman–Crippen LogP) is 4.82. The number of aromatic nitrogens is 3. The maximum Gasteiger partial charge on any atom is 0.230 e. The Kier molecular flexibility index (Phi) is 7.15. The molecule has 1 unspecified atom stereocenters. The van der Waals surface area contributed by atoms with E-state index in [1.54, 1.807) is 7.11 Å². The number of benzene rings is 2. The van der Waals surface area contributed by atoms with Gasteiger partial charge in [-0.15, -0.1) is 10.2 Å². The second-order valence-corrected chi connectivity index (χ2v) is 9.01. The minimum atomic E-state index is -0.0245. The summed E-state index contributed by atoms with van der Waals surface area (Å²) in [5.41, 5.74) is 4.95. The number of para-hydroxylation sites is 1. The van der Waals surface area contributed by atoms with E-state index in [1.165, 1.54) is 47.7 Å². The van der Waals surface area contributed by atoms with Crippen molar-refractivity contribution >= 4 is 17.7 Å². The van der Waals surface area contributed by atoms with E-state index in [-0.39, 0.29) is 11.9 Å². The molecule has 2 aromatic carbocycles. The SMILES string of the molecule is CCn1c(SCC(=O)NC(C)c2ccc3c(c2)CCCC3)nnc1-c1ccccc1OC. The van der Waals surface area contributed by atoms with Gasteiger partial charge in [0.15, 0.2) is 11.0 Å². The zero-order chi connectivity index (χ0) is 22.5. The summed E-state index contributed by atoms with van der Waals surface area (Å²) < 4.78 is 7.49. The molecule has 0 saturated carbocycles. The number of methoxy groups -OCH3 is 1. The van der Waals surface area contributed by atoms with E-state index < -0.39 is 0 Å². The molecular weight excluding hydrogens is 420 g/mol. The molecule has 4 rings (SSSR count). The molecular formula is C25H30N4O2S. The molecule has 32 heavy (non-hydrogen) atoms. The molecule has 0 aliphatic heterocycles. The van der Waals surface area contributed by atoms with Gasteiger partial charge in [-0.1, -0.05) is 42.1 Å². The van der Waals surface area contributed by atoms with Gasteiger partial charge in [-0.05, 0) is 68.4 Å². The van der Waals surface area contributed by atoms with Crippen LogP contribution in [0.1, 0.15) is 49.4 Å². The number of thioether (sulfide) groups is 1. The fraction of sp³-hybridized carbons (Fsp3) is 0.400. The van der Waals surface area contributed by atoms with Gasteiger partial charge >= 0.3 is 0 Å². The number of rotatable bonds is 8. The number of aryl methyl sites for hydroxylation is 2. The fourth-order valence-corrected chi connectivity index (χ4v) is 5.04. The number of fused-ring (bicyclic) bond motifs is 1. The molecule has 1 aliphatic carbocycles. The predicted molar refractivity (Wildman–Crippen MR) is 128 cm³/mol. The first-order valence-electron chi connectivity index (χ1n) is 11.2. The molecule has 0 bridgehead atoms. The van der Waals surface area contributed by atoms with Gasteiger partial charge in [0.1, 0.15) is 5.75 Å². The Labute approximate surface area is 193 Å². The number of nitrogens with one attached hydrogen (secondary N) is 1. The third-order valence-electron chi connectivity index (χ3n) is 5.96. The van der Waals surface area contributed by atoms with Crippen LogP contribution in [0.25, 0.3) is 11.4 Å². The Bertz CT molecular complexity index is 1100. The van der Waals surface area contributed by atoms with E-state index >= 15 is 0 Å². The van der Waals surface area contributed by atoms with Crippen LogP contribution in [0, 0.1) is 0 Å². The van der Waals surface area contributed by atoms with Crippen molar-refractivity contribution in [2.24, 2.45) is 0 Å². The number of carbonyl (C=O) groups excluding carboxylic acids is 1. The summed E-state index contributed by atoms with van der Waals surface area (Å²) in [5.74, 6) is 1.78. The molecule has 3 aromatic rings. The normalized spacial score (nSPS) is 14.0. The van der Waals surface area contributed by atoms with E-state index in [0.717, 1.165) is 28.7 Å². The summed E-state index contributed by atoms with van der Waals surface area (Å²) in [4.78, 5) is 12.7. The average molecular weight is 451 g/mol. The Balaban J connectivity index is 1.40. The quantitative estimate of drug-likeness (QED) is 0.498. The van der Waals surface area contributed by atoms with Crippen molar-refractivity contribution in [2.45, 2.75) is 57.3 Å². The van der Waals surface area contributed by atoms with Crippen molar-refractivity contribution < 1.29 is 9.53 Å². The molecule has 6 nitrogen and oxygen atoms in total. The Morgan fingerprint density at radius 1 is 1.16 bits per heavy atom.